The standard InChI is InChI=1S/C18H24N2O4S/c19-17(22)13-6-4-8-20(10-13)16(21)11-24-18(23)15-9-12-5-2-1-3-7-14(12)25-15/h9,13H,1-8,10-11H2,(H2,19,22)/t13-/m0/s1. The third-order valence-electron chi connectivity index (χ3n) is 4.95. The van der Waals surface area contributed by atoms with Crippen molar-refractivity contribution in [1.29, 1.82) is 0 Å². The lowest BCUT2D eigenvalue weighted by Crippen LogP contribution is -2.45. The SMILES string of the molecule is NC(=O)[C@H]1CCCN(C(=O)COC(=O)c2cc3c(s2)CCCCC3)C1. The van der Waals surface area contributed by atoms with Crippen molar-refractivity contribution in [2.45, 2.75) is 44.9 Å². The maximum atomic E-state index is 12.3. The Balaban J connectivity index is 1.53. The second-order valence-corrected chi connectivity index (χ2v) is 7.91. The molecule has 0 radical (unpaired) electrons. The Morgan fingerprint density at radius 3 is 2.80 bits per heavy atom. The monoisotopic (exact) mass is 364 g/mol. The van der Waals surface area contributed by atoms with Crippen molar-refractivity contribution >= 4 is 29.1 Å². The molecule has 3 rings (SSSR count). The van der Waals surface area contributed by atoms with Crippen LogP contribution in [0.15, 0.2) is 6.07 Å². The summed E-state index contributed by atoms with van der Waals surface area (Å²) >= 11 is 1.49. The first-order chi connectivity index (χ1) is 12.0. The number of amides is 2. The molecule has 0 bridgehead atoms. The van der Waals surface area contributed by atoms with E-state index < -0.39 is 5.97 Å². The van der Waals surface area contributed by atoms with Crippen molar-refractivity contribution in [1.82, 2.24) is 4.90 Å². The van der Waals surface area contributed by atoms with Gasteiger partial charge in [-0.05, 0) is 50.2 Å². The molecular formula is C18H24N2O4S. The van der Waals surface area contributed by atoms with E-state index in [1.807, 2.05) is 6.07 Å². The van der Waals surface area contributed by atoms with E-state index in [4.69, 9.17) is 10.5 Å². The number of primary amides is 1. The van der Waals surface area contributed by atoms with Crippen LogP contribution in [0.5, 0.6) is 0 Å². The molecule has 1 aliphatic heterocycles. The quantitative estimate of drug-likeness (QED) is 0.653. The average Bonchev–Trinajstić information content (AvgIpc) is 2.90. The molecule has 2 amide bonds. The van der Waals surface area contributed by atoms with Gasteiger partial charge in [-0.3, -0.25) is 9.59 Å². The molecule has 0 unspecified atom stereocenters. The Kier molecular flexibility index (Phi) is 5.73. The van der Waals surface area contributed by atoms with E-state index in [2.05, 4.69) is 0 Å². The smallest absolute Gasteiger partial charge is 0.348 e. The van der Waals surface area contributed by atoms with Gasteiger partial charge < -0.3 is 15.4 Å². The second-order valence-electron chi connectivity index (χ2n) is 6.78. The van der Waals surface area contributed by atoms with Gasteiger partial charge in [0.15, 0.2) is 6.61 Å². The first kappa shape index (κ1) is 17.9. The lowest BCUT2D eigenvalue weighted by molar-refractivity contribution is -0.137. The second kappa shape index (κ2) is 7.99. The zero-order valence-corrected chi connectivity index (χ0v) is 15.1. The normalized spacial score (nSPS) is 20.5. The van der Waals surface area contributed by atoms with Gasteiger partial charge in [0.1, 0.15) is 4.88 Å². The van der Waals surface area contributed by atoms with E-state index in [0.717, 1.165) is 32.1 Å². The molecule has 0 aromatic carbocycles. The zero-order valence-electron chi connectivity index (χ0n) is 14.3. The van der Waals surface area contributed by atoms with E-state index in [1.165, 1.54) is 28.2 Å². The lowest BCUT2D eigenvalue weighted by Gasteiger charge is -2.30. The Labute approximate surface area is 151 Å². The van der Waals surface area contributed by atoms with Gasteiger partial charge in [0.2, 0.25) is 5.91 Å². The number of nitrogens with zero attached hydrogens (tertiary/aromatic N) is 1. The van der Waals surface area contributed by atoms with Gasteiger partial charge in [0.05, 0.1) is 5.92 Å². The molecule has 2 aliphatic rings. The van der Waals surface area contributed by atoms with Gasteiger partial charge in [-0.1, -0.05) is 6.42 Å². The van der Waals surface area contributed by atoms with Gasteiger partial charge in [-0.2, -0.15) is 0 Å². The fourth-order valence-electron chi connectivity index (χ4n) is 3.49. The van der Waals surface area contributed by atoms with Gasteiger partial charge in [-0.25, -0.2) is 4.79 Å². The van der Waals surface area contributed by atoms with Crippen LogP contribution in [0.1, 0.15) is 52.2 Å². The first-order valence-corrected chi connectivity index (χ1v) is 9.72. The summed E-state index contributed by atoms with van der Waals surface area (Å²) in [6.45, 7) is 0.610. The van der Waals surface area contributed by atoms with Crippen LogP contribution in [0.4, 0.5) is 0 Å². The molecule has 136 valence electrons. The van der Waals surface area contributed by atoms with Crippen LogP contribution in [-0.2, 0) is 27.2 Å². The number of aryl methyl sites for hydroxylation is 2. The summed E-state index contributed by atoms with van der Waals surface area (Å²) in [4.78, 5) is 39.2. The number of fused-ring (bicyclic) bond motifs is 1. The Morgan fingerprint density at radius 2 is 2.00 bits per heavy atom. The number of hydrogen-bond donors (Lipinski definition) is 1. The molecule has 6 nitrogen and oxygen atoms in total. The highest BCUT2D eigenvalue weighted by atomic mass is 32.1. The first-order valence-electron chi connectivity index (χ1n) is 8.90. The molecule has 1 atom stereocenters. The van der Waals surface area contributed by atoms with Gasteiger partial charge >= 0.3 is 5.97 Å². The number of hydrogen-bond acceptors (Lipinski definition) is 5. The lowest BCUT2D eigenvalue weighted by atomic mass is 9.97. The highest BCUT2D eigenvalue weighted by Gasteiger charge is 2.27. The molecule has 1 aromatic rings. The van der Waals surface area contributed by atoms with E-state index >= 15 is 0 Å². The predicted molar refractivity (Wildman–Crippen MR) is 94.4 cm³/mol. The van der Waals surface area contributed by atoms with Crippen molar-refractivity contribution in [3.8, 4) is 0 Å². The molecule has 1 aromatic heterocycles. The fraction of sp³-hybridized carbons (Fsp3) is 0.611. The summed E-state index contributed by atoms with van der Waals surface area (Å²) in [6, 6.07) is 1.92. The highest BCUT2D eigenvalue weighted by Crippen LogP contribution is 2.29. The van der Waals surface area contributed by atoms with Crippen LogP contribution in [0.25, 0.3) is 0 Å². The van der Waals surface area contributed by atoms with Crippen LogP contribution in [-0.4, -0.2) is 42.4 Å². The number of thiophene rings is 1. The largest absolute Gasteiger partial charge is 0.451 e. The van der Waals surface area contributed by atoms with E-state index in [1.54, 1.807) is 4.90 Å². The van der Waals surface area contributed by atoms with E-state index in [9.17, 15) is 14.4 Å². The summed E-state index contributed by atoms with van der Waals surface area (Å²) in [6.07, 6.45) is 7.04. The van der Waals surface area contributed by atoms with Crippen molar-refractivity contribution < 1.29 is 19.1 Å². The fourth-order valence-corrected chi connectivity index (χ4v) is 4.64. The number of esters is 1. The Bertz CT molecular complexity index is 647. The number of ether oxygens (including phenoxy) is 1. The average molecular weight is 364 g/mol. The molecule has 7 heteroatoms. The zero-order chi connectivity index (χ0) is 17.8. The van der Waals surface area contributed by atoms with Crippen LogP contribution >= 0.6 is 11.3 Å². The minimum atomic E-state index is -0.435. The molecular weight excluding hydrogens is 340 g/mol. The third kappa shape index (κ3) is 4.39. The summed E-state index contributed by atoms with van der Waals surface area (Å²) in [5, 5.41) is 0. The minimum absolute atomic E-state index is 0.266. The van der Waals surface area contributed by atoms with E-state index in [0.29, 0.717) is 24.4 Å². The van der Waals surface area contributed by atoms with Crippen LogP contribution < -0.4 is 5.73 Å². The molecule has 1 saturated heterocycles. The van der Waals surface area contributed by atoms with Crippen LogP contribution in [0.2, 0.25) is 0 Å². The van der Waals surface area contributed by atoms with Crippen molar-refractivity contribution in [3.05, 3.63) is 21.4 Å². The van der Waals surface area contributed by atoms with Crippen LogP contribution in [0, 0.1) is 5.92 Å². The summed E-state index contributed by atoms with van der Waals surface area (Å²) in [7, 11) is 0. The molecule has 0 saturated carbocycles. The number of nitrogens with two attached hydrogens (primary N) is 1. The molecule has 1 aliphatic carbocycles. The van der Waals surface area contributed by atoms with Crippen LogP contribution in [0.3, 0.4) is 0 Å². The molecule has 1 fully saturated rings. The van der Waals surface area contributed by atoms with E-state index in [-0.39, 0.29) is 24.3 Å². The van der Waals surface area contributed by atoms with Crippen molar-refractivity contribution in [3.63, 3.8) is 0 Å². The molecule has 0 spiro atoms. The van der Waals surface area contributed by atoms with Gasteiger partial charge in [-0.15, -0.1) is 11.3 Å². The van der Waals surface area contributed by atoms with Gasteiger partial charge in [0, 0.05) is 18.0 Å². The molecule has 25 heavy (non-hydrogen) atoms. The Morgan fingerprint density at radius 1 is 1.20 bits per heavy atom. The summed E-state index contributed by atoms with van der Waals surface area (Å²) in [5.74, 6) is -1.39. The number of rotatable bonds is 4. The number of carbonyl (C=O) groups excluding carboxylic acids is 3. The topological polar surface area (TPSA) is 89.7 Å². The number of piperidine rings is 1. The number of carbonyl (C=O) groups is 3. The predicted octanol–water partition coefficient (Wildman–Crippen LogP) is 1.90. The maximum absolute atomic E-state index is 12.3. The Hall–Kier alpha value is -1.89. The summed E-state index contributed by atoms with van der Waals surface area (Å²) in [5.41, 5.74) is 6.58. The maximum Gasteiger partial charge on any atom is 0.348 e. The van der Waals surface area contributed by atoms with Gasteiger partial charge in [0.25, 0.3) is 5.91 Å². The van der Waals surface area contributed by atoms with Crippen molar-refractivity contribution in [2.24, 2.45) is 11.7 Å². The highest BCUT2D eigenvalue weighted by molar-refractivity contribution is 7.14. The summed E-state index contributed by atoms with van der Waals surface area (Å²) < 4.78 is 5.21. The number of likely N-dealkylation sites (tertiary alicyclic amines) is 1. The molecule has 2 N–H and O–H groups in total. The molecule has 2 heterocycles. The third-order valence-corrected chi connectivity index (χ3v) is 6.17. The minimum Gasteiger partial charge on any atom is -0.451 e. The van der Waals surface area contributed by atoms with Crippen molar-refractivity contribution in [2.75, 3.05) is 19.7 Å².